The van der Waals surface area contributed by atoms with Gasteiger partial charge in [-0.2, -0.15) is 0 Å². The quantitative estimate of drug-likeness (QED) is 0.304. The topological polar surface area (TPSA) is 64.6 Å². The number of hydrogen-bond acceptors (Lipinski definition) is 5. The molecule has 0 saturated heterocycles. The van der Waals surface area contributed by atoms with Crippen LogP contribution in [0.15, 0.2) is 58.4 Å². The van der Waals surface area contributed by atoms with E-state index in [2.05, 4.69) is 40.3 Å². The minimum atomic E-state index is -0.456. The smallest absolute Gasteiger partial charge is 0.341 e. The van der Waals surface area contributed by atoms with E-state index < -0.39 is 5.97 Å². The van der Waals surface area contributed by atoms with Crippen molar-refractivity contribution in [3.63, 3.8) is 0 Å². The molecule has 1 heterocycles. The highest BCUT2D eigenvalue weighted by Gasteiger charge is 2.23. The molecule has 0 atom stereocenters. The van der Waals surface area contributed by atoms with Crippen LogP contribution >= 0.6 is 27.3 Å². The first kappa shape index (κ1) is 24.0. The zero-order valence-corrected chi connectivity index (χ0v) is 20.6. The van der Waals surface area contributed by atoms with Crippen LogP contribution in [0.5, 0.6) is 5.75 Å². The fourth-order valence-electron chi connectivity index (χ4n) is 3.14. The number of unbranched alkanes of at least 4 members (excludes halogenated alkanes) is 1. The van der Waals surface area contributed by atoms with Gasteiger partial charge in [-0.3, -0.25) is 4.79 Å². The summed E-state index contributed by atoms with van der Waals surface area (Å²) in [5.74, 6) is -0.214. The largest absolute Gasteiger partial charge is 0.484 e. The van der Waals surface area contributed by atoms with E-state index in [0.29, 0.717) is 16.3 Å². The van der Waals surface area contributed by atoms with Gasteiger partial charge in [0.05, 0.1) is 6.61 Å². The Hall–Kier alpha value is -2.64. The third-order valence-electron chi connectivity index (χ3n) is 4.79. The van der Waals surface area contributed by atoms with Crippen molar-refractivity contribution in [1.82, 2.24) is 0 Å². The molecule has 1 amide bonds. The Balaban J connectivity index is 1.77. The Morgan fingerprint density at radius 3 is 2.41 bits per heavy atom. The van der Waals surface area contributed by atoms with Crippen molar-refractivity contribution in [2.24, 2.45) is 0 Å². The SMILES string of the molecule is CCCCc1ccc(-c2csc(NC(=O)COc3ccc(Br)cc3)c2C(=O)OCC)cc1. The summed E-state index contributed by atoms with van der Waals surface area (Å²) in [6.07, 6.45) is 3.32. The van der Waals surface area contributed by atoms with Gasteiger partial charge in [-0.05, 0) is 55.2 Å². The lowest BCUT2D eigenvalue weighted by molar-refractivity contribution is -0.118. The summed E-state index contributed by atoms with van der Waals surface area (Å²) in [4.78, 5) is 25.2. The zero-order chi connectivity index (χ0) is 22.9. The van der Waals surface area contributed by atoms with E-state index in [-0.39, 0.29) is 19.1 Å². The summed E-state index contributed by atoms with van der Waals surface area (Å²) in [5, 5.41) is 5.14. The molecule has 168 valence electrons. The number of aryl methyl sites for hydroxylation is 1. The molecular formula is C25H26BrNO4S. The molecule has 0 aliphatic carbocycles. The molecule has 0 spiro atoms. The third kappa shape index (κ3) is 6.43. The van der Waals surface area contributed by atoms with Crippen molar-refractivity contribution < 1.29 is 19.1 Å². The second-order valence-electron chi connectivity index (χ2n) is 7.17. The second kappa shape index (κ2) is 11.8. The number of carbonyl (C=O) groups excluding carboxylic acids is 2. The summed E-state index contributed by atoms with van der Waals surface area (Å²) in [7, 11) is 0. The highest BCUT2D eigenvalue weighted by molar-refractivity contribution is 9.10. The van der Waals surface area contributed by atoms with Crippen LogP contribution in [0.3, 0.4) is 0 Å². The van der Waals surface area contributed by atoms with Gasteiger partial charge in [-0.25, -0.2) is 4.79 Å². The maximum absolute atomic E-state index is 12.7. The van der Waals surface area contributed by atoms with Gasteiger partial charge in [0.25, 0.3) is 5.91 Å². The number of thiophene rings is 1. The molecule has 7 heteroatoms. The van der Waals surface area contributed by atoms with Crippen LogP contribution in [0, 0.1) is 0 Å². The van der Waals surface area contributed by atoms with Crippen LogP contribution in [0.1, 0.15) is 42.6 Å². The third-order valence-corrected chi connectivity index (χ3v) is 6.22. The molecule has 3 rings (SSSR count). The highest BCUT2D eigenvalue weighted by atomic mass is 79.9. The normalized spacial score (nSPS) is 10.6. The van der Waals surface area contributed by atoms with Crippen LogP contribution in [0.4, 0.5) is 5.00 Å². The van der Waals surface area contributed by atoms with Crippen molar-refractivity contribution in [1.29, 1.82) is 0 Å². The second-order valence-corrected chi connectivity index (χ2v) is 8.96. The van der Waals surface area contributed by atoms with Gasteiger partial charge in [0, 0.05) is 15.4 Å². The van der Waals surface area contributed by atoms with E-state index in [0.717, 1.165) is 34.9 Å². The maximum atomic E-state index is 12.7. The van der Waals surface area contributed by atoms with Crippen LogP contribution < -0.4 is 10.1 Å². The van der Waals surface area contributed by atoms with Crippen molar-refractivity contribution in [2.45, 2.75) is 33.1 Å². The molecule has 0 saturated carbocycles. The first-order valence-electron chi connectivity index (χ1n) is 10.6. The average molecular weight is 516 g/mol. The number of anilines is 1. The highest BCUT2D eigenvalue weighted by Crippen LogP contribution is 2.36. The first-order chi connectivity index (χ1) is 15.5. The summed E-state index contributed by atoms with van der Waals surface area (Å²) >= 11 is 4.66. The molecule has 0 unspecified atom stereocenters. The van der Waals surface area contributed by atoms with E-state index in [4.69, 9.17) is 9.47 Å². The Morgan fingerprint density at radius 1 is 1.03 bits per heavy atom. The number of esters is 1. The zero-order valence-electron chi connectivity index (χ0n) is 18.2. The summed E-state index contributed by atoms with van der Waals surface area (Å²) < 4.78 is 11.7. The van der Waals surface area contributed by atoms with Crippen molar-refractivity contribution in [2.75, 3.05) is 18.5 Å². The average Bonchev–Trinajstić information content (AvgIpc) is 3.21. The Morgan fingerprint density at radius 2 is 1.75 bits per heavy atom. The van der Waals surface area contributed by atoms with Gasteiger partial charge >= 0.3 is 5.97 Å². The van der Waals surface area contributed by atoms with E-state index in [1.165, 1.54) is 16.9 Å². The molecule has 3 aromatic rings. The molecule has 2 aromatic carbocycles. The van der Waals surface area contributed by atoms with Crippen molar-refractivity contribution in [3.05, 3.63) is 69.5 Å². The van der Waals surface area contributed by atoms with Gasteiger partial charge in [-0.15, -0.1) is 11.3 Å². The lowest BCUT2D eigenvalue weighted by Gasteiger charge is -2.10. The minimum absolute atomic E-state index is 0.163. The molecule has 0 aliphatic rings. The fraction of sp³-hybridized carbons (Fsp3) is 0.280. The molecule has 0 bridgehead atoms. The maximum Gasteiger partial charge on any atom is 0.341 e. The number of ether oxygens (including phenoxy) is 2. The predicted molar refractivity (Wildman–Crippen MR) is 133 cm³/mol. The molecule has 1 aromatic heterocycles. The molecule has 1 N–H and O–H groups in total. The van der Waals surface area contributed by atoms with Gasteiger partial charge in [0.15, 0.2) is 6.61 Å². The summed E-state index contributed by atoms with van der Waals surface area (Å²) in [5.41, 5.74) is 3.30. The van der Waals surface area contributed by atoms with Crippen LogP contribution in [0.2, 0.25) is 0 Å². The van der Waals surface area contributed by atoms with E-state index in [1.54, 1.807) is 19.1 Å². The standard InChI is InChI=1S/C25H26BrNO4S/c1-3-5-6-17-7-9-18(10-8-17)21-16-32-24(23(21)25(29)30-4-2)27-22(28)15-31-20-13-11-19(26)12-14-20/h7-14,16H,3-6,15H2,1-2H3,(H,27,28). The van der Waals surface area contributed by atoms with E-state index >= 15 is 0 Å². The number of rotatable bonds is 10. The first-order valence-corrected chi connectivity index (χ1v) is 12.2. The van der Waals surface area contributed by atoms with Crippen molar-refractivity contribution in [3.8, 4) is 16.9 Å². The molecule has 0 fully saturated rings. The molecular weight excluding hydrogens is 490 g/mol. The predicted octanol–water partition coefficient (Wildman–Crippen LogP) is 6.71. The summed E-state index contributed by atoms with van der Waals surface area (Å²) in [6.45, 7) is 4.02. The fourth-order valence-corrected chi connectivity index (χ4v) is 4.38. The number of hydrogen-bond donors (Lipinski definition) is 1. The van der Waals surface area contributed by atoms with Gasteiger partial charge < -0.3 is 14.8 Å². The van der Waals surface area contributed by atoms with Crippen LogP contribution in [0.25, 0.3) is 11.1 Å². The molecule has 0 aliphatic heterocycles. The summed E-state index contributed by atoms with van der Waals surface area (Å²) in [6, 6.07) is 15.4. The monoisotopic (exact) mass is 515 g/mol. The number of nitrogens with one attached hydrogen (secondary N) is 1. The van der Waals surface area contributed by atoms with Crippen LogP contribution in [-0.4, -0.2) is 25.1 Å². The number of benzene rings is 2. The Bertz CT molecular complexity index is 1040. The lowest BCUT2D eigenvalue weighted by Crippen LogP contribution is -2.21. The molecule has 32 heavy (non-hydrogen) atoms. The van der Waals surface area contributed by atoms with Crippen molar-refractivity contribution >= 4 is 44.1 Å². The van der Waals surface area contributed by atoms with Gasteiger partial charge in [0.2, 0.25) is 0 Å². The van der Waals surface area contributed by atoms with E-state index in [1.807, 2.05) is 29.6 Å². The number of carbonyl (C=O) groups is 2. The number of halogens is 1. The molecule has 0 radical (unpaired) electrons. The Labute approximate surface area is 200 Å². The van der Waals surface area contributed by atoms with E-state index in [9.17, 15) is 9.59 Å². The van der Waals surface area contributed by atoms with Gasteiger partial charge in [-0.1, -0.05) is 53.5 Å². The van der Waals surface area contributed by atoms with Crippen LogP contribution in [-0.2, 0) is 16.0 Å². The Kier molecular flexibility index (Phi) is 8.88. The minimum Gasteiger partial charge on any atom is -0.484 e. The van der Waals surface area contributed by atoms with Gasteiger partial charge in [0.1, 0.15) is 16.3 Å². The molecule has 5 nitrogen and oxygen atoms in total. The lowest BCUT2D eigenvalue weighted by atomic mass is 10.0. The number of amides is 1.